The van der Waals surface area contributed by atoms with Crippen molar-refractivity contribution in [2.75, 3.05) is 11.4 Å². The second kappa shape index (κ2) is 6.65. The van der Waals surface area contributed by atoms with Crippen LogP contribution in [0.25, 0.3) is 11.4 Å². The molecule has 0 bridgehead atoms. The van der Waals surface area contributed by atoms with Crippen molar-refractivity contribution in [3.05, 3.63) is 54.7 Å². The van der Waals surface area contributed by atoms with E-state index < -0.39 is 0 Å². The fourth-order valence-corrected chi connectivity index (χ4v) is 3.94. The quantitative estimate of drug-likeness (QED) is 0.719. The lowest BCUT2D eigenvalue weighted by Gasteiger charge is -2.22. The first kappa shape index (κ1) is 15.2. The molecule has 24 heavy (non-hydrogen) atoms. The molecule has 0 fully saturated rings. The van der Waals surface area contributed by atoms with Crippen LogP contribution in [0.5, 0.6) is 0 Å². The third kappa shape index (κ3) is 3.14. The average Bonchev–Trinajstić information content (AvgIpc) is 3.02. The van der Waals surface area contributed by atoms with E-state index in [1.54, 1.807) is 12.4 Å². The van der Waals surface area contributed by atoms with Crippen LogP contribution in [0.3, 0.4) is 0 Å². The summed E-state index contributed by atoms with van der Waals surface area (Å²) in [5.74, 6) is 1.21. The second-order valence-electron chi connectivity index (χ2n) is 5.86. The minimum absolute atomic E-state index is 0.587. The zero-order valence-electron chi connectivity index (χ0n) is 13.4. The number of nitrogens with zero attached hydrogens (tertiary/aromatic N) is 4. The predicted molar refractivity (Wildman–Crippen MR) is 95.0 cm³/mol. The standard InChI is InChI=1S/C18H18N4OS/c1-13-8-10-22(15-6-2-3-7-16(15)24-13)12-17-20-18(21-23-17)14-5-4-9-19-11-14/h2-7,9,11,13H,8,10,12H2,1H3/t13-/m1/s1. The highest BCUT2D eigenvalue weighted by molar-refractivity contribution is 8.00. The molecular weight excluding hydrogens is 320 g/mol. The van der Waals surface area contributed by atoms with Crippen molar-refractivity contribution in [1.82, 2.24) is 15.1 Å². The molecule has 5 nitrogen and oxygen atoms in total. The van der Waals surface area contributed by atoms with Gasteiger partial charge in [0.25, 0.3) is 0 Å². The van der Waals surface area contributed by atoms with E-state index in [1.165, 1.54) is 10.6 Å². The van der Waals surface area contributed by atoms with Crippen LogP contribution in [0.4, 0.5) is 5.69 Å². The third-order valence-electron chi connectivity index (χ3n) is 4.05. The summed E-state index contributed by atoms with van der Waals surface area (Å²) in [5, 5.41) is 4.69. The van der Waals surface area contributed by atoms with Crippen molar-refractivity contribution in [3.63, 3.8) is 0 Å². The van der Waals surface area contributed by atoms with E-state index in [0.717, 1.165) is 18.5 Å². The highest BCUT2D eigenvalue weighted by atomic mass is 32.2. The van der Waals surface area contributed by atoms with Gasteiger partial charge in [0.2, 0.25) is 11.7 Å². The Labute approximate surface area is 145 Å². The molecular formula is C18H18N4OS. The first-order valence-corrected chi connectivity index (χ1v) is 8.91. The van der Waals surface area contributed by atoms with Crippen LogP contribution >= 0.6 is 11.8 Å². The minimum Gasteiger partial charge on any atom is -0.361 e. The maximum atomic E-state index is 5.47. The van der Waals surface area contributed by atoms with E-state index >= 15 is 0 Å². The number of aromatic nitrogens is 3. The number of pyridine rings is 1. The Morgan fingerprint density at radius 3 is 3.04 bits per heavy atom. The molecule has 0 radical (unpaired) electrons. The molecule has 3 heterocycles. The van der Waals surface area contributed by atoms with E-state index in [2.05, 4.69) is 51.2 Å². The van der Waals surface area contributed by atoms with Crippen LogP contribution in [-0.4, -0.2) is 26.9 Å². The molecule has 1 aliphatic rings. The lowest BCUT2D eigenvalue weighted by molar-refractivity contribution is 0.376. The molecule has 1 atom stereocenters. The molecule has 0 spiro atoms. The summed E-state index contributed by atoms with van der Waals surface area (Å²) in [5.41, 5.74) is 2.11. The fraction of sp³-hybridized carbons (Fsp3) is 0.278. The molecule has 0 saturated carbocycles. The fourth-order valence-electron chi connectivity index (χ4n) is 2.81. The lowest BCUT2D eigenvalue weighted by Crippen LogP contribution is -2.24. The topological polar surface area (TPSA) is 55.1 Å². The summed E-state index contributed by atoms with van der Waals surface area (Å²) in [6.07, 6.45) is 4.61. The normalized spacial score (nSPS) is 17.4. The number of anilines is 1. The molecule has 0 N–H and O–H groups in total. The zero-order chi connectivity index (χ0) is 16.4. The number of thioether (sulfide) groups is 1. The van der Waals surface area contributed by atoms with Crippen LogP contribution in [0.2, 0.25) is 0 Å². The molecule has 4 rings (SSSR count). The monoisotopic (exact) mass is 338 g/mol. The van der Waals surface area contributed by atoms with Crippen molar-refractivity contribution in [1.29, 1.82) is 0 Å². The maximum Gasteiger partial charge on any atom is 0.246 e. The van der Waals surface area contributed by atoms with Crippen LogP contribution in [0, 0.1) is 0 Å². The van der Waals surface area contributed by atoms with Gasteiger partial charge in [-0.1, -0.05) is 24.2 Å². The molecule has 3 aromatic rings. The Morgan fingerprint density at radius 1 is 1.25 bits per heavy atom. The van der Waals surface area contributed by atoms with Gasteiger partial charge in [-0.25, -0.2) is 0 Å². The maximum absolute atomic E-state index is 5.47. The third-order valence-corrected chi connectivity index (χ3v) is 5.29. The first-order chi connectivity index (χ1) is 11.8. The van der Waals surface area contributed by atoms with Gasteiger partial charge < -0.3 is 9.42 Å². The molecule has 122 valence electrons. The SMILES string of the molecule is C[C@@H]1CCN(Cc2nc(-c3cccnc3)no2)c2ccccc2S1. The van der Waals surface area contributed by atoms with Crippen molar-refractivity contribution < 1.29 is 4.52 Å². The number of hydrogen-bond acceptors (Lipinski definition) is 6. The summed E-state index contributed by atoms with van der Waals surface area (Å²) in [4.78, 5) is 12.3. The highest BCUT2D eigenvalue weighted by Gasteiger charge is 2.21. The smallest absolute Gasteiger partial charge is 0.246 e. The van der Waals surface area contributed by atoms with Crippen LogP contribution < -0.4 is 4.90 Å². The van der Waals surface area contributed by atoms with E-state index in [9.17, 15) is 0 Å². The predicted octanol–water partition coefficient (Wildman–Crippen LogP) is 4.02. The van der Waals surface area contributed by atoms with E-state index in [-0.39, 0.29) is 0 Å². The summed E-state index contributed by atoms with van der Waals surface area (Å²) >= 11 is 1.93. The number of hydrogen-bond donors (Lipinski definition) is 0. The summed E-state index contributed by atoms with van der Waals surface area (Å²) < 4.78 is 5.47. The number of para-hydroxylation sites is 1. The Balaban J connectivity index is 1.58. The van der Waals surface area contributed by atoms with Gasteiger partial charge >= 0.3 is 0 Å². The first-order valence-electron chi connectivity index (χ1n) is 8.03. The summed E-state index contributed by atoms with van der Waals surface area (Å²) in [7, 11) is 0. The van der Waals surface area contributed by atoms with Gasteiger partial charge in [0.1, 0.15) is 0 Å². The highest BCUT2D eigenvalue weighted by Crippen LogP contribution is 2.37. The molecule has 0 amide bonds. The largest absolute Gasteiger partial charge is 0.361 e. The molecule has 6 heteroatoms. The summed E-state index contributed by atoms with van der Waals surface area (Å²) in [6.45, 7) is 3.88. The van der Waals surface area contributed by atoms with Crippen molar-refractivity contribution in [2.45, 2.75) is 30.0 Å². The van der Waals surface area contributed by atoms with Gasteiger partial charge in [-0.15, -0.1) is 11.8 Å². The summed E-state index contributed by atoms with van der Waals surface area (Å²) in [6, 6.07) is 12.3. The molecule has 1 aliphatic heterocycles. The van der Waals surface area contributed by atoms with Gasteiger partial charge in [-0.05, 0) is 30.7 Å². The van der Waals surface area contributed by atoms with Crippen molar-refractivity contribution in [3.8, 4) is 11.4 Å². The minimum atomic E-state index is 0.587. The molecule has 1 aromatic carbocycles. The molecule has 0 saturated heterocycles. The lowest BCUT2D eigenvalue weighted by atomic mass is 10.2. The van der Waals surface area contributed by atoms with Gasteiger partial charge in [0.15, 0.2) is 0 Å². The Morgan fingerprint density at radius 2 is 2.17 bits per heavy atom. The Kier molecular flexibility index (Phi) is 4.21. The van der Waals surface area contributed by atoms with E-state index in [4.69, 9.17) is 4.52 Å². The molecule has 0 unspecified atom stereocenters. The van der Waals surface area contributed by atoms with Crippen LogP contribution in [0.15, 0.2) is 58.2 Å². The number of rotatable bonds is 3. The van der Waals surface area contributed by atoms with Gasteiger partial charge in [0.05, 0.1) is 12.2 Å². The Bertz CT molecular complexity index is 821. The van der Waals surface area contributed by atoms with Crippen molar-refractivity contribution >= 4 is 17.4 Å². The number of fused-ring (bicyclic) bond motifs is 1. The zero-order valence-corrected chi connectivity index (χ0v) is 14.2. The van der Waals surface area contributed by atoms with Gasteiger partial charge in [-0.2, -0.15) is 4.98 Å². The van der Waals surface area contributed by atoms with E-state index in [0.29, 0.717) is 23.5 Å². The molecule has 0 aliphatic carbocycles. The van der Waals surface area contributed by atoms with Gasteiger partial charge in [0, 0.05) is 34.6 Å². The Hall–Kier alpha value is -2.34. The number of benzene rings is 1. The van der Waals surface area contributed by atoms with Crippen LogP contribution in [0.1, 0.15) is 19.2 Å². The van der Waals surface area contributed by atoms with E-state index in [1.807, 2.05) is 23.9 Å². The second-order valence-corrected chi connectivity index (χ2v) is 7.34. The average molecular weight is 338 g/mol. The van der Waals surface area contributed by atoms with Crippen molar-refractivity contribution in [2.24, 2.45) is 0 Å². The van der Waals surface area contributed by atoms with Crippen LogP contribution in [-0.2, 0) is 6.54 Å². The van der Waals surface area contributed by atoms with Gasteiger partial charge in [-0.3, -0.25) is 4.98 Å². The molecule has 2 aromatic heterocycles.